The molecular formula is C15H21ClN2. The van der Waals surface area contributed by atoms with Gasteiger partial charge in [0.05, 0.1) is 0 Å². The fourth-order valence-electron chi connectivity index (χ4n) is 3.29. The minimum absolute atomic E-state index is 0.553. The van der Waals surface area contributed by atoms with E-state index in [0.29, 0.717) is 5.92 Å². The quantitative estimate of drug-likeness (QED) is 0.553. The van der Waals surface area contributed by atoms with Gasteiger partial charge in [0, 0.05) is 17.2 Å². The smallest absolute Gasteiger partial charge is 0.136 e. The molecule has 2 aliphatic carbocycles. The maximum Gasteiger partial charge on any atom is 0.136 e. The Morgan fingerprint density at radius 2 is 1.56 bits per heavy atom. The summed E-state index contributed by atoms with van der Waals surface area (Å²) in [5.41, 5.74) is 2.46. The summed E-state index contributed by atoms with van der Waals surface area (Å²) in [4.78, 5) is 9.45. The molecule has 18 heavy (non-hydrogen) atoms. The Hall–Kier alpha value is -0.630. The summed E-state index contributed by atoms with van der Waals surface area (Å²) in [6.45, 7) is 0. The van der Waals surface area contributed by atoms with Crippen molar-refractivity contribution in [3.63, 3.8) is 0 Å². The van der Waals surface area contributed by atoms with Crippen molar-refractivity contribution in [2.75, 3.05) is 0 Å². The zero-order valence-electron chi connectivity index (χ0n) is 10.9. The van der Waals surface area contributed by atoms with Gasteiger partial charge in [-0.2, -0.15) is 0 Å². The average molecular weight is 265 g/mol. The predicted octanol–water partition coefficient (Wildman–Crippen LogP) is 4.45. The summed E-state index contributed by atoms with van der Waals surface area (Å²) < 4.78 is 0. The van der Waals surface area contributed by atoms with Crippen LogP contribution in [-0.4, -0.2) is 9.97 Å². The third kappa shape index (κ3) is 2.54. The average Bonchev–Trinajstić information content (AvgIpc) is 2.67. The molecule has 0 aliphatic heterocycles. The van der Waals surface area contributed by atoms with Crippen molar-refractivity contribution in [3.8, 4) is 0 Å². The van der Waals surface area contributed by atoms with Gasteiger partial charge in [-0.1, -0.05) is 37.3 Å². The Morgan fingerprint density at radius 1 is 0.833 bits per heavy atom. The predicted molar refractivity (Wildman–Crippen MR) is 74.1 cm³/mol. The van der Waals surface area contributed by atoms with Crippen LogP contribution in [0.1, 0.15) is 74.4 Å². The highest BCUT2D eigenvalue weighted by atomic mass is 35.5. The van der Waals surface area contributed by atoms with Crippen LogP contribution in [0.4, 0.5) is 0 Å². The number of hydrogen-bond acceptors (Lipinski definition) is 2. The minimum Gasteiger partial charge on any atom is -0.237 e. The second kappa shape index (κ2) is 5.56. The first kappa shape index (κ1) is 12.4. The molecule has 1 heterocycles. The summed E-state index contributed by atoms with van der Waals surface area (Å²) in [5, 5.41) is 0.735. The second-order valence-electron chi connectivity index (χ2n) is 5.69. The number of hydrogen-bond donors (Lipinski definition) is 0. The molecule has 0 N–H and O–H groups in total. The van der Waals surface area contributed by atoms with E-state index in [-0.39, 0.29) is 0 Å². The minimum atomic E-state index is 0.553. The van der Waals surface area contributed by atoms with E-state index in [0.717, 1.165) is 23.8 Å². The molecule has 98 valence electrons. The fraction of sp³-hybridized carbons (Fsp3) is 0.733. The van der Waals surface area contributed by atoms with Gasteiger partial charge in [-0.3, -0.25) is 0 Å². The number of aryl methyl sites for hydroxylation is 1. The van der Waals surface area contributed by atoms with Crippen molar-refractivity contribution in [3.05, 3.63) is 22.2 Å². The molecule has 2 aliphatic rings. The Balaban J connectivity index is 1.89. The molecule has 3 heteroatoms. The lowest BCUT2D eigenvalue weighted by Crippen LogP contribution is -2.13. The molecule has 1 aromatic rings. The summed E-state index contributed by atoms with van der Waals surface area (Å²) in [6, 6.07) is 0. The van der Waals surface area contributed by atoms with Crippen molar-refractivity contribution in [2.45, 2.75) is 70.1 Å². The van der Waals surface area contributed by atoms with E-state index in [4.69, 9.17) is 16.6 Å². The highest BCUT2D eigenvalue weighted by molar-refractivity contribution is 6.30. The monoisotopic (exact) mass is 264 g/mol. The van der Waals surface area contributed by atoms with Crippen LogP contribution in [0.5, 0.6) is 0 Å². The van der Waals surface area contributed by atoms with Gasteiger partial charge in [0.1, 0.15) is 11.0 Å². The molecule has 0 spiro atoms. The van der Waals surface area contributed by atoms with E-state index in [1.807, 2.05) is 0 Å². The van der Waals surface area contributed by atoms with Crippen molar-refractivity contribution in [1.82, 2.24) is 9.97 Å². The van der Waals surface area contributed by atoms with Gasteiger partial charge in [0.25, 0.3) is 0 Å². The van der Waals surface area contributed by atoms with Gasteiger partial charge in [-0.15, -0.1) is 0 Å². The molecule has 0 bridgehead atoms. The maximum atomic E-state index is 6.36. The maximum absolute atomic E-state index is 6.36. The topological polar surface area (TPSA) is 25.8 Å². The summed E-state index contributed by atoms with van der Waals surface area (Å²) in [6.07, 6.45) is 12.5. The van der Waals surface area contributed by atoms with Crippen LogP contribution < -0.4 is 0 Å². The number of rotatable bonds is 1. The molecular weight excluding hydrogens is 244 g/mol. The normalized spacial score (nSPS) is 21.4. The third-order valence-electron chi connectivity index (χ3n) is 4.37. The van der Waals surface area contributed by atoms with Crippen LogP contribution >= 0.6 is 11.6 Å². The van der Waals surface area contributed by atoms with E-state index in [1.54, 1.807) is 0 Å². The van der Waals surface area contributed by atoms with Crippen LogP contribution in [0.25, 0.3) is 0 Å². The standard InChI is InChI=1S/C15H21ClN2/c16-14-12-9-5-6-10-13(12)17-15(18-14)11-7-3-1-2-4-8-11/h11H,1-10H2. The van der Waals surface area contributed by atoms with Gasteiger partial charge in [0.2, 0.25) is 0 Å². The second-order valence-corrected chi connectivity index (χ2v) is 6.05. The van der Waals surface area contributed by atoms with E-state index in [1.165, 1.54) is 62.6 Å². The molecule has 0 aromatic carbocycles. The lowest BCUT2D eigenvalue weighted by molar-refractivity contribution is 0.549. The van der Waals surface area contributed by atoms with Crippen LogP contribution in [0.3, 0.4) is 0 Å². The van der Waals surface area contributed by atoms with Gasteiger partial charge in [-0.05, 0) is 38.5 Å². The first-order valence-corrected chi connectivity index (χ1v) is 7.77. The molecule has 0 unspecified atom stereocenters. The van der Waals surface area contributed by atoms with Crippen LogP contribution in [0.15, 0.2) is 0 Å². The molecule has 0 radical (unpaired) electrons. The molecule has 0 amide bonds. The lowest BCUT2D eigenvalue weighted by Gasteiger charge is -2.19. The van der Waals surface area contributed by atoms with E-state index >= 15 is 0 Å². The molecule has 2 nitrogen and oxygen atoms in total. The first-order chi connectivity index (χ1) is 8.84. The van der Waals surface area contributed by atoms with Gasteiger partial charge in [-0.25, -0.2) is 9.97 Å². The van der Waals surface area contributed by atoms with E-state index in [9.17, 15) is 0 Å². The van der Waals surface area contributed by atoms with Gasteiger partial charge in [0.15, 0.2) is 0 Å². The highest BCUT2D eigenvalue weighted by Crippen LogP contribution is 2.32. The third-order valence-corrected chi connectivity index (χ3v) is 4.68. The Morgan fingerprint density at radius 3 is 2.33 bits per heavy atom. The van der Waals surface area contributed by atoms with Crippen molar-refractivity contribution in [2.24, 2.45) is 0 Å². The Kier molecular flexibility index (Phi) is 3.83. The number of halogens is 1. The molecule has 1 fully saturated rings. The number of nitrogens with zero attached hydrogens (tertiary/aromatic N) is 2. The van der Waals surface area contributed by atoms with Crippen LogP contribution in [-0.2, 0) is 12.8 Å². The van der Waals surface area contributed by atoms with E-state index in [2.05, 4.69) is 4.98 Å². The zero-order chi connectivity index (χ0) is 12.4. The van der Waals surface area contributed by atoms with Crippen molar-refractivity contribution in [1.29, 1.82) is 0 Å². The lowest BCUT2D eigenvalue weighted by atomic mass is 9.95. The SMILES string of the molecule is Clc1nc(C2CCCCCC2)nc2c1CCCC2. The fourth-order valence-corrected chi connectivity index (χ4v) is 3.58. The summed E-state index contributed by atoms with van der Waals surface area (Å²) in [7, 11) is 0. The van der Waals surface area contributed by atoms with Crippen molar-refractivity contribution < 1.29 is 0 Å². The summed E-state index contributed by atoms with van der Waals surface area (Å²) in [5.74, 6) is 1.58. The van der Waals surface area contributed by atoms with Crippen LogP contribution in [0, 0.1) is 0 Å². The Bertz CT molecular complexity index is 423. The highest BCUT2D eigenvalue weighted by Gasteiger charge is 2.22. The molecule has 3 rings (SSSR count). The van der Waals surface area contributed by atoms with Crippen molar-refractivity contribution >= 4 is 11.6 Å². The number of aromatic nitrogens is 2. The molecule has 1 aromatic heterocycles. The van der Waals surface area contributed by atoms with Gasteiger partial charge < -0.3 is 0 Å². The molecule has 1 saturated carbocycles. The Labute approximate surface area is 114 Å². The first-order valence-electron chi connectivity index (χ1n) is 7.40. The van der Waals surface area contributed by atoms with E-state index < -0.39 is 0 Å². The zero-order valence-corrected chi connectivity index (χ0v) is 11.7. The van der Waals surface area contributed by atoms with Gasteiger partial charge >= 0.3 is 0 Å². The summed E-state index contributed by atoms with van der Waals surface area (Å²) >= 11 is 6.36. The van der Waals surface area contributed by atoms with Crippen LogP contribution in [0.2, 0.25) is 5.15 Å². The number of fused-ring (bicyclic) bond motifs is 1. The molecule has 0 saturated heterocycles. The molecule has 0 atom stereocenters. The largest absolute Gasteiger partial charge is 0.237 e.